The Morgan fingerprint density at radius 2 is 1.86 bits per heavy atom. The summed E-state index contributed by atoms with van der Waals surface area (Å²) in [6.45, 7) is 1.98. The predicted octanol–water partition coefficient (Wildman–Crippen LogP) is 2.94. The highest BCUT2D eigenvalue weighted by Gasteiger charge is 2.36. The lowest BCUT2D eigenvalue weighted by molar-refractivity contribution is -0.138. The maximum absolute atomic E-state index is 13.0. The van der Waals surface area contributed by atoms with Gasteiger partial charge in [-0.3, -0.25) is 9.59 Å². The monoisotopic (exact) mass is 379 g/mol. The van der Waals surface area contributed by atoms with Crippen molar-refractivity contribution in [3.8, 4) is 0 Å². The maximum atomic E-state index is 13.0. The first-order valence-corrected chi connectivity index (χ1v) is 10.4. The number of benzene rings is 2. The molecule has 1 unspecified atom stereocenters. The van der Waals surface area contributed by atoms with E-state index in [-0.39, 0.29) is 23.8 Å². The minimum Gasteiger partial charge on any atom is -0.348 e. The summed E-state index contributed by atoms with van der Waals surface area (Å²) < 4.78 is 0. The second-order valence-electron chi connectivity index (χ2n) is 8.19. The second kappa shape index (κ2) is 8.31. The SMILES string of the molecule is NC[C@H]1CCC[C@H]1C(=O)N1CCCC(NC(=O)c2ccc3ccccc3c2)C1. The van der Waals surface area contributed by atoms with Crippen LogP contribution in [0.5, 0.6) is 0 Å². The Kier molecular flexibility index (Phi) is 5.62. The Morgan fingerprint density at radius 1 is 1.04 bits per heavy atom. The van der Waals surface area contributed by atoms with Crippen molar-refractivity contribution in [2.45, 2.75) is 38.1 Å². The highest BCUT2D eigenvalue weighted by molar-refractivity contribution is 5.98. The predicted molar refractivity (Wildman–Crippen MR) is 111 cm³/mol. The van der Waals surface area contributed by atoms with Gasteiger partial charge in [0.05, 0.1) is 0 Å². The highest BCUT2D eigenvalue weighted by Crippen LogP contribution is 2.33. The number of rotatable bonds is 4. The van der Waals surface area contributed by atoms with Crippen LogP contribution in [0.3, 0.4) is 0 Å². The van der Waals surface area contributed by atoms with Crippen molar-refractivity contribution in [3.63, 3.8) is 0 Å². The fourth-order valence-corrected chi connectivity index (χ4v) is 4.77. The Balaban J connectivity index is 1.40. The fourth-order valence-electron chi connectivity index (χ4n) is 4.77. The molecule has 5 nitrogen and oxygen atoms in total. The number of nitrogens with one attached hydrogen (secondary N) is 1. The summed E-state index contributed by atoms with van der Waals surface area (Å²) in [6.07, 6.45) is 4.94. The molecular weight excluding hydrogens is 350 g/mol. The van der Waals surface area contributed by atoms with Crippen LogP contribution in [0.25, 0.3) is 10.8 Å². The van der Waals surface area contributed by atoms with Crippen LogP contribution in [0, 0.1) is 11.8 Å². The van der Waals surface area contributed by atoms with E-state index >= 15 is 0 Å². The molecule has 0 bridgehead atoms. The van der Waals surface area contributed by atoms with Crippen LogP contribution >= 0.6 is 0 Å². The number of hydrogen-bond donors (Lipinski definition) is 2. The fraction of sp³-hybridized carbons (Fsp3) is 0.478. The quantitative estimate of drug-likeness (QED) is 0.858. The van der Waals surface area contributed by atoms with Crippen molar-refractivity contribution in [2.75, 3.05) is 19.6 Å². The zero-order valence-corrected chi connectivity index (χ0v) is 16.3. The first-order valence-electron chi connectivity index (χ1n) is 10.4. The minimum atomic E-state index is -0.0641. The lowest BCUT2D eigenvalue weighted by atomic mass is 9.93. The number of fused-ring (bicyclic) bond motifs is 1. The second-order valence-corrected chi connectivity index (χ2v) is 8.19. The number of amides is 2. The van der Waals surface area contributed by atoms with E-state index in [1.54, 1.807) is 0 Å². The highest BCUT2D eigenvalue weighted by atomic mass is 16.2. The van der Waals surface area contributed by atoms with Gasteiger partial charge in [-0.2, -0.15) is 0 Å². The average Bonchev–Trinajstić information content (AvgIpc) is 3.22. The normalized spacial score (nSPS) is 25.0. The summed E-state index contributed by atoms with van der Waals surface area (Å²) in [6, 6.07) is 13.8. The van der Waals surface area contributed by atoms with Crippen molar-refractivity contribution in [3.05, 3.63) is 48.0 Å². The molecule has 3 atom stereocenters. The molecule has 0 radical (unpaired) electrons. The molecule has 28 heavy (non-hydrogen) atoms. The standard InChI is InChI=1S/C23H29N3O2/c24-14-19-7-3-9-21(19)23(28)26-12-4-8-20(15-26)25-22(27)18-11-10-16-5-1-2-6-17(16)13-18/h1-2,5-6,10-11,13,19-21H,3-4,7-9,12,14-15,24H2,(H,25,27)/t19-,20?,21-/m1/s1. The van der Waals surface area contributed by atoms with Gasteiger partial charge in [-0.15, -0.1) is 0 Å². The topological polar surface area (TPSA) is 75.4 Å². The Morgan fingerprint density at radius 3 is 2.68 bits per heavy atom. The average molecular weight is 380 g/mol. The molecule has 2 amide bonds. The van der Waals surface area contributed by atoms with Gasteiger partial charge in [-0.1, -0.05) is 36.8 Å². The first kappa shape index (κ1) is 18.9. The third-order valence-corrected chi connectivity index (χ3v) is 6.36. The summed E-state index contributed by atoms with van der Waals surface area (Å²) in [5.74, 6) is 0.559. The van der Waals surface area contributed by atoms with Crippen LogP contribution in [-0.2, 0) is 4.79 Å². The van der Waals surface area contributed by atoms with Crippen molar-refractivity contribution >= 4 is 22.6 Å². The van der Waals surface area contributed by atoms with Gasteiger partial charge in [-0.05, 0) is 61.1 Å². The molecule has 1 saturated carbocycles. The lowest BCUT2D eigenvalue weighted by Crippen LogP contribution is -2.51. The van der Waals surface area contributed by atoms with Crippen LogP contribution in [0.15, 0.2) is 42.5 Å². The first-order chi connectivity index (χ1) is 13.7. The molecule has 5 heteroatoms. The molecule has 3 N–H and O–H groups in total. The van der Waals surface area contributed by atoms with E-state index in [2.05, 4.69) is 5.32 Å². The molecule has 1 saturated heterocycles. The van der Waals surface area contributed by atoms with Gasteiger partial charge in [0.1, 0.15) is 0 Å². The van der Waals surface area contributed by atoms with E-state index in [0.717, 1.165) is 49.4 Å². The van der Waals surface area contributed by atoms with Crippen molar-refractivity contribution < 1.29 is 9.59 Å². The van der Waals surface area contributed by atoms with E-state index in [1.165, 1.54) is 0 Å². The third-order valence-electron chi connectivity index (χ3n) is 6.36. The zero-order chi connectivity index (χ0) is 19.5. The van der Waals surface area contributed by atoms with Gasteiger partial charge in [0.25, 0.3) is 5.91 Å². The molecule has 148 valence electrons. The number of hydrogen-bond acceptors (Lipinski definition) is 3. The molecule has 4 rings (SSSR count). The Labute approximate surface area is 166 Å². The van der Waals surface area contributed by atoms with Crippen molar-refractivity contribution in [2.24, 2.45) is 17.6 Å². The molecule has 2 fully saturated rings. The van der Waals surface area contributed by atoms with Crippen LogP contribution in [0.1, 0.15) is 42.5 Å². The number of nitrogens with zero attached hydrogens (tertiary/aromatic N) is 1. The number of carbonyl (C=O) groups excluding carboxylic acids is 2. The smallest absolute Gasteiger partial charge is 0.251 e. The van der Waals surface area contributed by atoms with Gasteiger partial charge in [-0.25, -0.2) is 0 Å². The third kappa shape index (κ3) is 3.90. The minimum absolute atomic E-state index is 0.00870. The molecule has 2 aromatic carbocycles. The van der Waals surface area contributed by atoms with Gasteiger partial charge < -0.3 is 16.0 Å². The lowest BCUT2D eigenvalue weighted by Gasteiger charge is -2.35. The molecular formula is C23H29N3O2. The van der Waals surface area contributed by atoms with E-state index < -0.39 is 0 Å². The van der Waals surface area contributed by atoms with Crippen LogP contribution in [-0.4, -0.2) is 42.4 Å². The summed E-state index contributed by atoms with van der Waals surface area (Å²) in [5.41, 5.74) is 6.53. The molecule has 0 aromatic heterocycles. The number of carbonyl (C=O) groups is 2. The molecule has 1 aliphatic carbocycles. The maximum Gasteiger partial charge on any atom is 0.251 e. The summed E-state index contributed by atoms with van der Waals surface area (Å²) in [4.78, 5) is 27.7. The van der Waals surface area contributed by atoms with E-state index in [0.29, 0.717) is 24.6 Å². The molecule has 1 heterocycles. The molecule has 1 aliphatic heterocycles. The van der Waals surface area contributed by atoms with Gasteiger partial charge in [0.15, 0.2) is 0 Å². The largest absolute Gasteiger partial charge is 0.348 e. The zero-order valence-electron chi connectivity index (χ0n) is 16.3. The van der Waals surface area contributed by atoms with Crippen LogP contribution in [0.2, 0.25) is 0 Å². The van der Waals surface area contributed by atoms with Gasteiger partial charge in [0.2, 0.25) is 5.91 Å². The number of likely N-dealkylation sites (tertiary alicyclic amines) is 1. The van der Waals surface area contributed by atoms with Crippen LogP contribution < -0.4 is 11.1 Å². The Hall–Kier alpha value is -2.40. The van der Waals surface area contributed by atoms with Crippen molar-refractivity contribution in [1.82, 2.24) is 10.2 Å². The number of piperidine rings is 1. The summed E-state index contributed by atoms with van der Waals surface area (Å²) >= 11 is 0. The molecule has 2 aliphatic rings. The van der Waals surface area contributed by atoms with E-state index in [1.807, 2.05) is 47.4 Å². The van der Waals surface area contributed by atoms with Crippen LogP contribution in [0.4, 0.5) is 0 Å². The van der Waals surface area contributed by atoms with Gasteiger partial charge >= 0.3 is 0 Å². The summed E-state index contributed by atoms with van der Waals surface area (Å²) in [5, 5.41) is 5.33. The van der Waals surface area contributed by atoms with Gasteiger partial charge in [0, 0.05) is 30.6 Å². The van der Waals surface area contributed by atoms with E-state index in [4.69, 9.17) is 5.73 Å². The Bertz CT molecular complexity index is 866. The van der Waals surface area contributed by atoms with Crippen molar-refractivity contribution in [1.29, 1.82) is 0 Å². The number of nitrogens with two attached hydrogens (primary N) is 1. The molecule has 0 spiro atoms. The van der Waals surface area contributed by atoms with E-state index in [9.17, 15) is 9.59 Å². The summed E-state index contributed by atoms with van der Waals surface area (Å²) in [7, 11) is 0. The molecule has 2 aromatic rings.